The lowest BCUT2D eigenvalue weighted by Crippen LogP contribution is -2.31. The number of alkyl halides is 3. The van der Waals surface area contributed by atoms with Gasteiger partial charge < -0.3 is 10.5 Å². The van der Waals surface area contributed by atoms with Crippen LogP contribution in [-0.4, -0.2) is 39.1 Å². The maximum absolute atomic E-state index is 12.3. The third kappa shape index (κ3) is 4.78. The molecule has 1 aromatic rings. The van der Waals surface area contributed by atoms with E-state index in [1.807, 2.05) is 0 Å². The maximum atomic E-state index is 12.3. The summed E-state index contributed by atoms with van der Waals surface area (Å²) >= 11 is 0. The molecule has 5 nitrogen and oxygen atoms in total. The van der Waals surface area contributed by atoms with Crippen LogP contribution < -0.4 is 10.5 Å². The molecule has 0 atom stereocenters. The fraction of sp³-hybridized carbons (Fsp3) is 0.500. The van der Waals surface area contributed by atoms with Crippen LogP contribution in [0.4, 0.5) is 18.9 Å². The minimum absolute atomic E-state index is 0.0607. The highest BCUT2D eigenvalue weighted by atomic mass is 32.2. The predicted molar refractivity (Wildman–Crippen MR) is 72.5 cm³/mol. The number of rotatable bonds is 6. The summed E-state index contributed by atoms with van der Waals surface area (Å²) in [5, 5.41) is 0. The van der Waals surface area contributed by atoms with Crippen molar-refractivity contribution in [3.8, 4) is 5.75 Å². The summed E-state index contributed by atoms with van der Waals surface area (Å²) in [6.45, 7) is 1.21. The predicted octanol–water partition coefficient (Wildman–Crippen LogP) is 2.24. The van der Waals surface area contributed by atoms with Crippen LogP contribution in [-0.2, 0) is 10.0 Å². The monoisotopic (exact) mass is 326 g/mol. The molecular formula is C12H17F3N2O3S. The quantitative estimate of drug-likeness (QED) is 0.814. The Hall–Kier alpha value is -1.48. The fourth-order valence-corrected chi connectivity index (χ4v) is 2.91. The molecule has 0 saturated carbocycles. The van der Waals surface area contributed by atoms with Crippen molar-refractivity contribution in [3.05, 3.63) is 18.2 Å². The van der Waals surface area contributed by atoms with E-state index in [0.29, 0.717) is 4.31 Å². The van der Waals surface area contributed by atoms with Crippen molar-refractivity contribution in [2.45, 2.75) is 24.4 Å². The Bertz CT molecular complexity index is 588. The Kier molecular flexibility index (Phi) is 5.46. The van der Waals surface area contributed by atoms with Crippen molar-refractivity contribution in [2.24, 2.45) is 0 Å². The molecular weight excluding hydrogens is 309 g/mol. The summed E-state index contributed by atoms with van der Waals surface area (Å²) in [7, 11) is -3.03. The first kappa shape index (κ1) is 17.6. The van der Waals surface area contributed by atoms with Gasteiger partial charge in [-0.3, -0.25) is 0 Å². The standard InChI is InChI=1S/C12H17F3N2O3S/c1-3-20-10-5-4-9(16)8-11(10)21(18,19)17(2)7-6-12(13,14)15/h4-5,8H,3,6-7,16H2,1-2H3. The molecule has 0 amide bonds. The average Bonchev–Trinajstić information content (AvgIpc) is 2.37. The number of nitrogens with two attached hydrogens (primary N) is 1. The highest BCUT2D eigenvalue weighted by Gasteiger charge is 2.31. The van der Waals surface area contributed by atoms with Crippen LogP contribution in [0.15, 0.2) is 23.1 Å². The van der Waals surface area contributed by atoms with Gasteiger partial charge in [0.05, 0.1) is 13.0 Å². The number of benzene rings is 1. The first-order valence-electron chi connectivity index (χ1n) is 6.13. The van der Waals surface area contributed by atoms with E-state index in [1.165, 1.54) is 18.2 Å². The Morgan fingerprint density at radius 2 is 1.95 bits per heavy atom. The van der Waals surface area contributed by atoms with Crippen molar-refractivity contribution in [3.63, 3.8) is 0 Å². The first-order valence-corrected chi connectivity index (χ1v) is 7.57. The molecule has 2 N–H and O–H groups in total. The maximum Gasteiger partial charge on any atom is 0.390 e. The minimum Gasteiger partial charge on any atom is -0.492 e. The number of hydrogen-bond donors (Lipinski definition) is 1. The van der Waals surface area contributed by atoms with Crippen molar-refractivity contribution in [1.82, 2.24) is 4.31 Å². The lowest BCUT2D eigenvalue weighted by Gasteiger charge is -2.20. The molecule has 0 saturated heterocycles. The molecule has 0 aromatic heterocycles. The number of halogens is 3. The molecule has 0 aliphatic rings. The van der Waals surface area contributed by atoms with Crippen LogP contribution in [0, 0.1) is 0 Å². The Balaban J connectivity index is 3.09. The zero-order chi connectivity index (χ0) is 16.3. The van der Waals surface area contributed by atoms with Crippen molar-refractivity contribution in [2.75, 3.05) is 25.9 Å². The molecule has 0 radical (unpaired) electrons. The highest BCUT2D eigenvalue weighted by molar-refractivity contribution is 7.89. The van der Waals surface area contributed by atoms with Crippen LogP contribution >= 0.6 is 0 Å². The molecule has 0 unspecified atom stereocenters. The van der Waals surface area contributed by atoms with Crippen LogP contribution in [0.5, 0.6) is 5.75 Å². The third-order valence-electron chi connectivity index (χ3n) is 2.67. The topological polar surface area (TPSA) is 72.6 Å². The van der Waals surface area contributed by atoms with Gasteiger partial charge in [-0.15, -0.1) is 0 Å². The molecule has 0 aliphatic heterocycles. The SMILES string of the molecule is CCOc1ccc(N)cc1S(=O)(=O)N(C)CCC(F)(F)F. The average molecular weight is 326 g/mol. The van der Waals surface area contributed by atoms with Crippen molar-refractivity contribution in [1.29, 1.82) is 0 Å². The largest absolute Gasteiger partial charge is 0.492 e. The van der Waals surface area contributed by atoms with E-state index < -0.39 is 29.2 Å². The molecule has 0 aliphatic carbocycles. The van der Waals surface area contributed by atoms with Gasteiger partial charge in [-0.1, -0.05) is 0 Å². The second-order valence-electron chi connectivity index (χ2n) is 4.33. The zero-order valence-electron chi connectivity index (χ0n) is 11.6. The lowest BCUT2D eigenvalue weighted by molar-refractivity contribution is -0.135. The van der Waals surface area contributed by atoms with E-state index in [-0.39, 0.29) is 22.9 Å². The van der Waals surface area contributed by atoms with E-state index in [2.05, 4.69) is 0 Å². The van der Waals surface area contributed by atoms with Gasteiger partial charge in [-0.05, 0) is 25.1 Å². The molecule has 0 spiro atoms. The third-order valence-corrected chi connectivity index (χ3v) is 4.54. The van der Waals surface area contributed by atoms with E-state index in [4.69, 9.17) is 10.5 Å². The summed E-state index contributed by atoms with van der Waals surface area (Å²) in [6, 6.07) is 4.01. The number of nitrogen functional groups attached to an aromatic ring is 1. The Morgan fingerprint density at radius 1 is 1.33 bits per heavy atom. The smallest absolute Gasteiger partial charge is 0.390 e. The normalized spacial score (nSPS) is 12.7. The number of hydrogen-bond acceptors (Lipinski definition) is 4. The first-order chi connectivity index (χ1) is 9.58. The van der Waals surface area contributed by atoms with Crippen LogP contribution in [0.2, 0.25) is 0 Å². The molecule has 1 aromatic carbocycles. The van der Waals surface area contributed by atoms with Crippen LogP contribution in [0.3, 0.4) is 0 Å². The van der Waals surface area contributed by atoms with Gasteiger partial charge in [0, 0.05) is 19.3 Å². The van der Waals surface area contributed by atoms with Crippen LogP contribution in [0.1, 0.15) is 13.3 Å². The molecule has 0 heterocycles. The molecule has 0 fully saturated rings. The Morgan fingerprint density at radius 3 is 2.48 bits per heavy atom. The van der Waals surface area contributed by atoms with Gasteiger partial charge in [-0.2, -0.15) is 13.2 Å². The number of sulfonamides is 1. The summed E-state index contributed by atoms with van der Waals surface area (Å²) in [5.41, 5.74) is 5.73. The van der Waals surface area contributed by atoms with E-state index in [0.717, 1.165) is 7.05 Å². The van der Waals surface area contributed by atoms with E-state index in [1.54, 1.807) is 6.92 Å². The molecule has 9 heteroatoms. The summed E-state index contributed by atoms with van der Waals surface area (Å²) in [4.78, 5) is -0.242. The van der Waals surface area contributed by atoms with Crippen LogP contribution in [0.25, 0.3) is 0 Å². The number of nitrogens with zero attached hydrogens (tertiary/aromatic N) is 1. The molecule has 0 bridgehead atoms. The number of anilines is 1. The van der Waals surface area contributed by atoms with Gasteiger partial charge in [0.25, 0.3) is 0 Å². The summed E-state index contributed by atoms with van der Waals surface area (Å²) in [6.07, 6.45) is -5.66. The van der Waals surface area contributed by atoms with E-state index in [9.17, 15) is 21.6 Å². The number of ether oxygens (including phenoxy) is 1. The minimum atomic E-state index is -4.43. The summed E-state index contributed by atoms with van der Waals surface area (Å²) < 4.78 is 67.1. The second-order valence-corrected chi connectivity index (χ2v) is 6.34. The summed E-state index contributed by atoms with van der Waals surface area (Å²) in [5.74, 6) is 0.0607. The second kappa shape index (κ2) is 6.52. The van der Waals surface area contributed by atoms with Gasteiger partial charge in [0.1, 0.15) is 10.6 Å². The molecule has 120 valence electrons. The zero-order valence-corrected chi connectivity index (χ0v) is 12.5. The van der Waals surface area contributed by atoms with Gasteiger partial charge in [0.15, 0.2) is 0 Å². The highest BCUT2D eigenvalue weighted by Crippen LogP contribution is 2.29. The van der Waals surface area contributed by atoms with Gasteiger partial charge in [-0.25, -0.2) is 12.7 Å². The fourth-order valence-electron chi connectivity index (χ4n) is 1.57. The van der Waals surface area contributed by atoms with Gasteiger partial charge in [0.2, 0.25) is 10.0 Å². The molecule has 1 rings (SSSR count). The van der Waals surface area contributed by atoms with E-state index >= 15 is 0 Å². The lowest BCUT2D eigenvalue weighted by atomic mass is 10.3. The van der Waals surface area contributed by atoms with Gasteiger partial charge >= 0.3 is 6.18 Å². The van der Waals surface area contributed by atoms with Crippen molar-refractivity contribution < 1.29 is 26.3 Å². The Labute approximate surface area is 121 Å². The van der Waals surface area contributed by atoms with Crippen molar-refractivity contribution >= 4 is 15.7 Å². The molecule has 21 heavy (non-hydrogen) atoms.